The molecule has 0 spiro atoms. The van der Waals surface area contributed by atoms with Crippen molar-refractivity contribution in [3.63, 3.8) is 0 Å². The zero-order valence-corrected chi connectivity index (χ0v) is 14.6. The third-order valence-electron chi connectivity index (χ3n) is 4.71. The van der Waals surface area contributed by atoms with Gasteiger partial charge in [0.2, 0.25) is 0 Å². The fourth-order valence-electron chi connectivity index (χ4n) is 3.12. The van der Waals surface area contributed by atoms with Crippen LogP contribution in [0.1, 0.15) is 38.2 Å². The van der Waals surface area contributed by atoms with Crippen LogP contribution in [0.15, 0.2) is 24.3 Å². The van der Waals surface area contributed by atoms with Gasteiger partial charge >= 0.3 is 6.03 Å². The number of ether oxygens (including phenoxy) is 2. The first-order valence-corrected chi connectivity index (χ1v) is 8.99. The van der Waals surface area contributed by atoms with Crippen LogP contribution in [0.3, 0.4) is 0 Å². The Kier molecular flexibility index (Phi) is 5.61. The van der Waals surface area contributed by atoms with Gasteiger partial charge < -0.3 is 20.1 Å². The monoisotopic (exact) mass is 332 g/mol. The van der Waals surface area contributed by atoms with E-state index in [1.54, 1.807) is 0 Å². The van der Waals surface area contributed by atoms with Crippen LogP contribution in [0, 0.1) is 12.8 Å². The van der Waals surface area contributed by atoms with Crippen molar-refractivity contribution in [2.24, 2.45) is 5.92 Å². The highest BCUT2D eigenvalue weighted by Gasteiger charge is 2.36. The lowest BCUT2D eigenvalue weighted by atomic mass is 10.0. The molecule has 3 atom stereocenters. The van der Waals surface area contributed by atoms with E-state index in [1.165, 1.54) is 18.4 Å². The molecule has 1 aromatic carbocycles. The maximum Gasteiger partial charge on any atom is 0.315 e. The number of amides is 2. The number of carbonyl (C=O) groups excluding carboxylic acids is 1. The molecular formula is C19H28N2O3. The van der Waals surface area contributed by atoms with Gasteiger partial charge in [0.05, 0.1) is 12.6 Å². The summed E-state index contributed by atoms with van der Waals surface area (Å²) in [6, 6.07) is 8.04. The van der Waals surface area contributed by atoms with Gasteiger partial charge in [-0.05, 0) is 57.6 Å². The highest BCUT2D eigenvalue weighted by molar-refractivity contribution is 5.74. The Morgan fingerprint density at radius 1 is 1.29 bits per heavy atom. The Balaban J connectivity index is 1.36. The van der Waals surface area contributed by atoms with Crippen LogP contribution in [0.5, 0.6) is 5.75 Å². The van der Waals surface area contributed by atoms with Crippen LogP contribution in [0.2, 0.25) is 0 Å². The lowest BCUT2D eigenvalue weighted by Gasteiger charge is -2.30. The first-order chi connectivity index (χ1) is 11.6. The minimum atomic E-state index is -0.115. The second-order valence-electron chi connectivity index (χ2n) is 7.06. The molecular weight excluding hydrogens is 304 g/mol. The molecule has 5 heteroatoms. The zero-order valence-electron chi connectivity index (χ0n) is 14.6. The van der Waals surface area contributed by atoms with Crippen molar-refractivity contribution in [2.75, 3.05) is 13.2 Å². The lowest BCUT2D eigenvalue weighted by Crippen LogP contribution is -2.48. The molecule has 0 bridgehead atoms. The number of hydrogen-bond acceptors (Lipinski definition) is 3. The number of aryl methyl sites for hydroxylation is 1. The molecule has 0 radical (unpaired) electrons. The molecule has 132 valence electrons. The van der Waals surface area contributed by atoms with Crippen LogP contribution >= 0.6 is 0 Å². The van der Waals surface area contributed by atoms with Crippen LogP contribution in [0.25, 0.3) is 0 Å². The number of carbonyl (C=O) groups is 1. The molecule has 2 aliphatic rings. The third kappa shape index (κ3) is 5.13. The van der Waals surface area contributed by atoms with Gasteiger partial charge in [0.15, 0.2) is 0 Å². The fourth-order valence-corrected chi connectivity index (χ4v) is 3.12. The highest BCUT2D eigenvalue weighted by Crippen LogP contribution is 2.38. The fraction of sp³-hybridized carbons (Fsp3) is 0.632. The van der Waals surface area contributed by atoms with Gasteiger partial charge in [-0.2, -0.15) is 0 Å². The highest BCUT2D eigenvalue weighted by atomic mass is 16.5. The van der Waals surface area contributed by atoms with Crippen molar-refractivity contribution < 1.29 is 14.3 Å². The number of nitrogens with one attached hydrogen (secondary N) is 2. The lowest BCUT2D eigenvalue weighted by molar-refractivity contribution is -0.00917. The van der Waals surface area contributed by atoms with E-state index in [0.717, 1.165) is 31.1 Å². The van der Waals surface area contributed by atoms with Gasteiger partial charge in [-0.15, -0.1) is 0 Å². The van der Waals surface area contributed by atoms with Crippen molar-refractivity contribution >= 4 is 6.03 Å². The Morgan fingerprint density at radius 3 is 2.75 bits per heavy atom. The first kappa shape index (κ1) is 17.1. The van der Waals surface area contributed by atoms with E-state index in [0.29, 0.717) is 12.6 Å². The van der Waals surface area contributed by atoms with Crippen molar-refractivity contribution in [1.82, 2.24) is 10.6 Å². The molecule has 5 nitrogen and oxygen atoms in total. The van der Waals surface area contributed by atoms with Gasteiger partial charge in [0.1, 0.15) is 11.9 Å². The van der Waals surface area contributed by atoms with Gasteiger partial charge in [-0.25, -0.2) is 4.79 Å². The summed E-state index contributed by atoms with van der Waals surface area (Å²) in [5.41, 5.74) is 1.20. The van der Waals surface area contributed by atoms with Crippen molar-refractivity contribution in [2.45, 2.75) is 57.8 Å². The van der Waals surface area contributed by atoms with Gasteiger partial charge in [0.25, 0.3) is 0 Å². The molecule has 24 heavy (non-hydrogen) atoms. The summed E-state index contributed by atoms with van der Waals surface area (Å²) in [6.07, 6.45) is 4.65. The van der Waals surface area contributed by atoms with E-state index in [-0.39, 0.29) is 18.2 Å². The van der Waals surface area contributed by atoms with Gasteiger partial charge in [0, 0.05) is 12.6 Å². The van der Waals surface area contributed by atoms with Crippen LogP contribution in [-0.2, 0) is 4.74 Å². The number of benzene rings is 1. The van der Waals surface area contributed by atoms with Crippen molar-refractivity contribution in [3.8, 4) is 5.75 Å². The summed E-state index contributed by atoms with van der Waals surface area (Å²) < 4.78 is 11.6. The summed E-state index contributed by atoms with van der Waals surface area (Å²) in [6.45, 7) is 5.23. The molecule has 0 unspecified atom stereocenters. The average Bonchev–Trinajstić information content (AvgIpc) is 3.40. The van der Waals surface area contributed by atoms with Crippen molar-refractivity contribution in [1.29, 1.82) is 0 Å². The second-order valence-corrected chi connectivity index (χ2v) is 7.06. The Hall–Kier alpha value is -1.75. The number of urea groups is 1. The maximum absolute atomic E-state index is 12.1. The summed E-state index contributed by atoms with van der Waals surface area (Å²) >= 11 is 0. The Morgan fingerprint density at radius 2 is 2.04 bits per heavy atom. The van der Waals surface area contributed by atoms with Gasteiger partial charge in [-0.1, -0.05) is 17.7 Å². The minimum Gasteiger partial charge on any atom is -0.489 e. The molecule has 2 fully saturated rings. The molecule has 1 aliphatic heterocycles. The largest absolute Gasteiger partial charge is 0.489 e. The first-order valence-electron chi connectivity index (χ1n) is 8.99. The SMILES string of the molecule is Cc1ccc(O[C@H](C)CNC(=O)N[C@H]2CCO[C@@H](C3CC3)C2)cc1. The molecule has 1 heterocycles. The Bertz CT molecular complexity index is 542. The number of hydrogen-bond donors (Lipinski definition) is 2. The maximum atomic E-state index is 12.1. The van der Waals surface area contributed by atoms with E-state index >= 15 is 0 Å². The van der Waals surface area contributed by atoms with E-state index in [1.807, 2.05) is 38.1 Å². The van der Waals surface area contributed by atoms with Crippen molar-refractivity contribution in [3.05, 3.63) is 29.8 Å². The van der Waals surface area contributed by atoms with E-state index in [4.69, 9.17) is 9.47 Å². The summed E-state index contributed by atoms with van der Waals surface area (Å²) in [7, 11) is 0. The molecule has 1 saturated heterocycles. The molecule has 1 saturated carbocycles. The van der Waals surface area contributed by atoms with E-state index in [2.05, 4.69) is 10.6 Å². The minimum absolute atomic E-state index is 0.0765. The standard InChI is InChI=1S/C19H28N2O3/c1-13-3-7-17(8-4-13)24-14(2)12-20-19(22)21-16-9-10-23-18(11-16)15-5-6-15/h3-4,7-8,14-16,18H,5-6,9-12H2,1-2H3,(H2,20,21,22)/t14-,16+,18-/m1/s1. The van der Waals surface area contributed by atoms with Crippen LogP contribution in [-0.4, -0.2) is 37.4 Å². The molecule has 2 amide bonds. The normalized spacial score (nSPS) is 24.9. The summed E-state index contributed by atoms with van der Waals surface area (Å²) in [5, 5.41) is 5.98. The van der Waals surface area contributed by atoms with Gasteiger partial charge in [-0.3, -0.25) is 0 Å². The zero-order chi connectivity index (χ0) is 16.9. The predicted octanol–water partition coefficient (Wildman–Crippen LogP) is 3.02. The predicted molar refractivity (Wildman–Crippen MR) is 93.3 cm³/mol. The quantitative estimate of drug-likeness (QED) is 0.842. The molecule has 1 aliphatic carbocycles. The molecule has 3 rings (SSSR count). The van der Waals surface area contributed by atoms with Crippen LogP contribution < -0.4 is 15.4 Å². The summed E-state index contributed by atoms with van der Waals surface area (Å²) in [5.74, 6) is 1.55. The number of rotatable bonds is 6. The second kappa shape index (κ2) is 7.88. The van der Waals surface area contributed by atoms with Crippen LogP contribution in [0.4, 0.5) is 4.79 Å². The molecule has 0 aromatic heterocycles. The topological polar surface area (TPSA) is 59.6 Å². The van der Waals surface area contributed by atoms with E-state index in [9.17, 15) is 4.79 Å². The Labute approximate surface area is 144 Å². The smallest absolute Gasteiger partial charge is 0.315 e. The summed E-state index contributed by atoms with van der Waals surface area (Å²) in [4.78, 5) is 12.1. The van der Waals surface area contributed by atoms with E-state index < -0.39 is 0 Å². The molecule has 1 aromatic rings. The third-order valence-corrected chi connectivity index (χ3v) is 4.71. The average molecular weight is 332 g/mol. The molecule has 2 N–H and O–H groups in total.